The molecule has 90 valence electrons. The van der Waals surface area contributed by atoms with Gasteiger partial charge in [0.2, 0.25) is 0 Å². The molecule has 1 heterocycles. The van der Waals surface area contributed by atoms with E-state index in [9.17, 15) is 0 Å². The van der Waals surface area contributed by atoms with Crippen molar-refractivity contribution < 1.29 is 9.47 Å². The molecule has 1 aromatic carbocycles. The van der Waals surface area contributed by atoms with Crippen molar-refractivity contribution in [3.05, 3.63) is 47.8 Å². The molecule has 0 aliphatic rings. The van der Waals surface area contributed by atoms with E-state index in [1.54, 1.807) is 37.6 Å². The van der Waals surface area contributed by atoms with Crippen LogP contribution in [0.25, 0.3) is 0 Å². The lowest BCUT2D eigenvalue weighted by atomic mass is 10.2. The van der Waals surface area contributed by atoms with Crippen LogP contribution < -0.4 is 9.47 Å². The Morgan fingerprint density at radius 2 is 2.06 bits per heavy atom. The highest BCUT2D eigenvalue weighted by Gasteiger charge is 2.08. The normalized spacial score (nSPS) is 9.61. The van der Waals surface area contributed by atoms with Crippen molar-refractivity contribution >= 4 is 0 Å². The lowest BCUT2D eigenvalue weighted by Crippen LogP contribution is -1.93. The van der Waals surface area contributed by atoms with Gasteiger partial charge >= 0.3 is 0 Å². The molecule has 1 aromatic heterocycles. The van der Waals surface area contributed by atoms with Crippen LogP contribution in [0.5, 0.6) is 17.2 Å². The average Bonchev–Trinajstić information content (AvgIpc) is 2.41. The Kier molecular flexibility index (Phi) is 3.44. The maximum atomic E-state index is 9.04. The van der Waals surface area contributed by atoms with Crippen LogP contribution in [-0.2, 0) is 0 Å². The van der Waals surface area contributed by atoms with Crippen LogP contribution >= 0.6 is 0 Å². The Labute approximate surface area is 105 Å². The largest absolute Gasteiger partial charge is 0.497 e. The molecule has 0 fully saturated rings. The predicted molar refractivity (Wildman–Crippen MR) is 66.8 cm³/mol. The molecule has 0 radical (unpaired) electrons. The predicted octanol–water partition coefficient (Wildman–Crippen LogP) is 3.06. The lowest BCUT2D eigenvalue weighted by Gasteiger charge is -2.10. The minimum absolute atomic E-state index is 0.457. The fraction of sp³-hybridized carbons (Fsp3) is 0.143. The van der Waals surface area contributed by atoms with Gasteiger partial charge in [-0.05, 0) is 31.2 Å². The third kappa shape index (κ3) is 2.41. The van der Waals surface area contributed by atoms with Crippen molar-refractivity contribution in [1.82, 2.24) is 4.98 Å². The van der Waals surface area contributed by atoms with Gasteiger partial charge in [-0.15, -0.1) is 0 Å². The summed E-state index contributed by atoms with van der Waals surface area (Å²) in [6.07, 6.45) is 1.69. The molecule has 0 aliphatic carbocycles. The summed E-state index contributed by atoms with van der Waals surface area (Å²) in [5.41, 5.74) is 1.23. The number of ether oxygens (including phenoxy) is 2. The molecule has 2 aromatic rings. The van der Waals surface area contributed by atoms with Crippen molar-refractivity contribution in [3.63, 3.8) is 0 Å². The van der Waals surface area contributed by atoms with E-state index in [1.165, 1.54) is 0 Å². The molecule has 0 aliphatic heterocycles. The molecule has 4 heteroatoms. The Balaban J connectivity index is 2.39. The van der Waals surface area contributed by atoms with Gasteiger partial charge in [0.05, 0.1) is 18.4 Å². The van der Waals surface area contributed by atoms with E-state index in [2.05, 4.69) is 11.1 Å². The quantitative estimate of drug-likeness (QED) is 0.827. The van der Waals surface area contributed by atoms with Crippen molar-refractivity contribution in [2.75, 3.05) is 7.11 Å². The molecule has 0 saturated carbocycles. The molecule has 2 rings (SSSR count). The number of hydrogen-bond acceptors (Lipinski definition) is 4. The zero-order valence-corrected chi connectivity index (χ0v) is 10.2. The topological polar surface area (TPSA) is 55.1 Å². The molecule has 4 nitrogen and oxygen atoms in total. The lowest BCUT2D eigenvalue weighted by molar-refractivity contribution is 0.408. The first-order chi connectivity index (χ1) is 8.74. The van der Waals surface area contributed by atoms with E-state index in [-0.39, 0.29) is 0 Å². The molecule has 0 saturated heterocycles. The van der Waals surface area contributed by atoms with Crippen LogP contribution in [0.15, 0.2) is 36.5 Å². The van der Waals surface area contributed by atoms with E-state index in [4.69, 9.17) is 14.7 Å². The minimum Gasteiger partial charge on any atom is -0.497 e. The van der Waals surface area contributed by atoms with Crippen molar-refractivity contribution in [3.8, 4) is 23.3 Å². The first-order valence-electron chi connectivity index (χ1n) is 5.42. The SMILES string of the molecule is COc1ccc(C#N)c(Oc2cccnc2C)c1. The maximum Gasteiger partial charge on any atom is 0.148 e. The molecule has 0 amide bonds. The summed E-state index contributed by atoms with van der Waals surface area (Å²) in [6, 6.07) is 10.8. The highest BCUT2D eigenvalue weighted by atomic mass is 16.5. The highest BCUT2D eigenvalue weighted by Crippen LogP contribution is 2.29. The van der Waals surface area contributed by atoms with Gasteiger partial charge in [0.25, 0.3) is 0 Å². The first kappa shape index (κ1) is 11.9. The monoisotopic (exact) mass is 240 g/mol. The second-order valence-electron chi connectivity index (χ2n) is 3.66. The number of aryl methyl sites for hydroxylation is 1. The number of nitrogens with zero attached hydrogens (tertiary/aromatic N) is 2. The smallest absolute Gasteiger partial charge is 0.148 e. The van der Waals surface area contributed by atoms with E-state index >= 15 is 0 Å². The molecule has 18 heavy (non-hydrogen) atoms. The zero-order chi connectivity index (χ0) is 13.0. The van der Waals surface area contributed by atoms with Gasteiger partial charge in [-0.25, -0.2) is 0 Å². The van der Waals surface area contributed by atoms with E-state index in [0.717, 1.165) is 5.69 Å². The molecule has 0 atom stereocenters. The number of methoxy groups -OCH3 is 1. The zero-order valence-electron chi connectivity index (χ0n) is 10.2. The van der Waals surface area contributed by atoms with Crippen LogP contribution in [0.3, 0.4) is 0 Å². The molecule has 0 N–H and O–H groups in total. The summed E-state index contributed by atoms with van der Waals surface area (Å²) in [6.45, 7) is 1.85. The molecule has 0 unspecified atom stereocenters. The summed E-state index contributed by atoms with van der Waals surface area (Å²) in [5.74, 6) is 1.74. The van der Waals surface area contributed by atoms with Gasteiger partial charge in [0.15, 0.2) is 0 Å². The molecular formula is C14H12N2O2. The fourth-order valence-corrected chi connectivity index (χ4v) is 1.50. The van der Waals surface area contributed by atoms with Gasteiger partial charge in [0.1, 0.15) is 23.3 Å². The van der Waals surface area contributed by atoms with Gasteiger partial charge in [-0.2, -0.15) is 5.26 Å². The Bertz CT molecular complexity index is 603. The average molecular weight is 240 g/mol. The Morgan fingerprint density at radius 1 is 1.22 bits per heavy atom. The Morgan fingerprint density at radius 3 is 2.72 bits per heavy atom. The highest BCUT2D eigenvalue weighted by molar-refractivity contribution is 5.49. The van der Waals surface area contributed by atoms with Crippen LogP contribution in [0.4, 0.5) is 0 Å². The summed E-state index contributed by atoms with van der Waals surface area (Å²) in [7, 11) is 1.57. The van der Waals surface area contributed by atoms with E-state index < -0.39 is 0 Å². The fourth-order valence-electron chi connectivity index (χ4n) is 1.50. The van der Waals surface area contributed by atoms with Crippen molar-refractivity contribution in [1.29, 1.82) is 5.26 Å². The number of benzene rings is 1. The number of aromatic nitrogens is 1. The number of nitriles is 1. The van der Waals surface area contributed by atoms with Gasteiger partial charge < -0.3 is 9.47 Å². The van der Waals surface area contributed by atoms with Crippen molar-refractivity contribution in [2.24, 2.45) is 0 Å². The molecule has 0 bridgehead atoms. The second kappa shape index (κ2) is 5.19. The number of rotatable bonds is 3. The van der Waals surface area contributed by atoms with E-state index in [1.807, 2.05) is 13.0 Å². The summed E-state index contributed by atoms with van der Waals surface area (Å²) >= 11 is 0. The van der Waals surface area contributed by atoms with Crippen LogP contribution in [0.2, 0.25) is 0 Å². The number of hydrogen-bond donors (Lipinski definition) is 0. The Hall–Kier alpha value is -2.54. The first-order valence-corrected chi connectivity index (χ1v) is 5.42. The summed E-state index contributed by atoms with van der Waals surface area (Å²) in [5, 5.41) is 9.04. The van der Waals surface area contributed by atoms with Gasteiger partial charge in [0, 0.05) is 12.3 Å². The van der Waals surface area contributed by atoms with Crippen molar-refractivity contribution in [2.45, 2.75) is 6.92 Å². The number of pyridine rings is 1. The minimum atomic E-state index is 0.457. The third-order valence-electron chi connectivity index (χ3n) is 2.49. The molecule has 0 spiro atoms. The summed E-state index contributed by atoms with van der Waals surface area (Å²) < 4.78 is 10.8. The van der Waals surface area contributed by atoms with Crippen LogP contribution in [0.1, 0.15) is 11.3 Å². The molecular weight excluding hydrogens is 228 g/mol. The van der Waals surface area contributed by atoms with Gasteiger partial charge in [-0.1, -0.05) is 0 Å². The maximum absolute atomic E-state index is 9.04. The second-order valence-corrected chi connectivity index (χ2v) is 3.66. The van der Waals surface area contributed by atoms with Crippen LogP contribution in [-0.4, -0.2) is 12.1 Å². The van der Waals surface area contributed by atoms with Gasteiger partial charge in [-0.3, -0.25) is 4.98 Å². The third-order valence-corrected chi connectivity index (χ3v) is 2.49. The summed E-state index contributed by atoms with van der Waals surface area (Å²) in [4.78, 5) is 4.13. The van der Waals surface area contributed by atoms with Crippen LogP contribution in [0, 0.1) is 18.3 Å². The standard InChI is InChI=1S/C14H12N2O2/c1-10-13(4-3-7-16-10)18-14-8-12(17-2)6-5-11(14)9-15/h3-8H,1-2H3. The van der Waals surface area contributed by atoms with E-state index in [0.29, 0.717) is 22.8 Å².